The molecule has 0 unspecified atom stereocenters. The van der Waals surface area contributed by atoms with Crippen molar-refractivity contribution >= 4 is 33.4 Å². The lowest BCUT2D eigenvalue weighted by Gasteiger charge is -2.10. The highest BCUT2D eigenvalue weighted by Gasteiger charge is 2.15. The SMILES string of the molecule is N/C(=N/O)c1ccc(Oc2cccc(Cl)c2)c(F)c1Br. The standard InChI is InChI=1S/C13H9BrClFN2O2/c14-11-9(13(17)18-19)4-5-10(12(11)16)20-8-3-1-2-7(15)6-8/h1-6,19H,(H2,17,18). The van der Waals surface area contributed by atoms with E-state index in [0.29, 0.717) is 10.8 Å². The minimum absolute atomic E-state index is 0.00590. The molecule has 2 aromatic rings. The van der Waals surface area contributed by atoms with Gasteiger partial charge in [0.2, 0.25) is 0 Å². The number of hydrogen-bond acceptors (Lipinski definition) is 3. The van der Waals surface area contributed by atoms with E-state index in [2.05, 4.69) is 21.1 Å². The Morgan fingerprint density at radius 2 is 2.10 bits per heavy atom. The number of hydrogen-bond donors (Lipinski definition) is 2. The third kappa shape index (κ3) is 3.02. The quantitative estimate of drug-likeness (QED) is 0.375. The van der Waals surface area contributed by atoms with E-state index in [-0.39, 0.29) is 21.6 Å². The molecular formula is C13H9BrClFN2O2. The highest BCUT2D eigenvalue weighted by Crippen LogP contribution is 2.32. The first kappa shape index (κ1) is 14.6. The van der Waals surface area contributed by atoms with Gasteiger partial charge in [-0.3, -0.25) is 0 Å². The Kier molecular flexibility index (Phi) is 4.46. The molecule has 0 heterocycles. The van der Waals surface area contributed by atoms with Crippen LogP contribution in [0, 0.1) is 5.82 Å². The van der Waals surface area contributed by atoms with Crippen molar-refractivity contribution in [1.29, 1.82) is 0 Å². The van der Waals surface area contributed by atoms with Crippen LogP contribution in [-0.4, -0.2) is 11.0 Å². The molecule has 20 heavy (non-hydrogen) atoms. The largest absolute Gasteiger partial charge is 0.454 e. The number of benzene rings is 2. The highest BCUT2D eigenvalue weighted by atomic mass is 79.9. The molecular weight excluding hydrogens is 351 g/mol. The summed E-state index contributed by atoms with van der Waals surface area (Å²) in [6.07, 6.45) is 0. The maximum atomic E-state index is 14.1. The Balaban J connectivity index is 2.37. The first-order chi connectivity index (χ1) is 9.52. The van der Waals surface area contributed by atoms with Gasteiger partial charge in [0, 0.05) is 10.6 Å². The molecule has 0 fully saturated rings. The van der Waals surface area contributed by atoms with Crippen LogP contribution in [0.15, 0.2) is 46.0 Å². The van der Waals surface area contributed by atoms with Gasteiger partial charge in [0.25, 0.3) is 0 Å². The summed E-state index contributed by atoms with van der Waals surface area (Å²) in [7, 11) is 0. The Bertz CT molecular complexity index is 679. The van der Waals surface area contributed by atoms with E-state index in [4.69, 9.17) is 27.3 Å². The van der Waals surface area contributed by atoms with Gasteiger partial charge in [-0.2, -0.15) is 0 Å². The van der Waals surface area contributed by atoms with Gasteiger partial charge < -0.3 is 15.7 Å². The van der Waals surface area contributed by atoms with E-state index < -0.39 is 5.82 Å². The zero-order valence-corrected chi connectivity index (χ0v) is 12.3. The van der Waals surface area contributed by atoms with Gasteiger partial charge in [0.15, 0.2) is 17.4 Å². The Hall–Kier alpha value is -1.79. The van der Waals surface area contributed by atoms with Crippen LogP contribution < -0.4 is 10.5 Å². The molecule has 7 heteroatoms. The average Bonchev–Trinajstić information content (AvgIpc) is 2.43. The van der Waals surface area contributed by atoms with Crippen LogP contribution in [0.1, 0.15) is 5.56 Å². The Morgan fingerprint density at radius 1 is 1.35 bits per heavy atom. The molecule has 0 aromatic heterocycles. The first-order valence-electron chi connectivity index (χ1n) is 5.42. The molecule has 104 valence electrons. The second kappa shape index (κ2) is 6.11. The number of amidine groups is 1. The minimum Gasteiger partial charge on any atom is -0.454 e. The third-order valence-corrected chi connectivity index (χ3v) is 3.46. The Labute approximate surface area is 127 Å². The lowest BCUT2D eigenvalue weighted by Crippen LogP contribution is -2.14. The maximum Gasteiger partial charge on any atom is 0.180 e. The smallest absolute Gasteiger partial charge is 0.180 e. The summed E-state index contributed by atoms with van der Waals surface area (Å²) < 4.78 is 19.6. The van der Waals surface area contributed by atoms with Crippen LogP contribution >= 0.6 is 27.5 Å². The molecule has 0 spiro atoms. The van der Waals surface area contributed by atoms with Crippen LogP contribution in [0.2, 0.25) is 5.02 Å². The lowest BCUT2D eigenvalue weighted by molar-refractivity contribution is 0.318. The van der Waals surface area contributed by atoms with Gasteiger partial charge in [-0.1, -0.05) is 22.8 Å². The van der Waals surface area contributed by atoms with Crippen molar-refractivity contribution in [2.75, 3.05) is 0 Å². The minimum atomic E-state index is -0.658. The van der Waals surface area contributed by atoms with Crippen LogP contribution in [0.25, 0.3) is 0 Å². The van der Waals surface area contributed by atoms with E-state index in [1.165, 1.54) is 12.1 Å². The van der Waals surface area contributed by atoms with Gasteiger partial charge in [0.05, 0.1) is 4.47 Å². The predicted octanol–water partition coefficient (Wildman–Crippen LogP) is 4.13. The maximum absolute atomic E-state index is 14.1. The fourth-order valence-corrected chi connectivity index (χ4v) is 2.23. The molecule has 0 atom stereocenters. The number of oxime groups is 1. The molecule has 0 saturated carbocycles. The average molecular weight is 360 g/mol. The van der Waals surface area contributed by atoms with Gasteiger partial charge in [0.1, 0.15) is 5.75 Å². The van der Waals surface area contributed by atoms with Crippen molar-refractivity contribution in [2.24, 2.45) is 10.9 Å². The highest BCUT2D eigenvalue weighted by molar-refractivity contribution is 9.10. The molecule has 0 radical (unpaired) electrons. The summed E-state index contributed by atoms with van der Waals surface area (Å²) in [5, 5.41) is 11.9. The molecule has 3 N–H and O–H groups in total. The van der Waals surface area contributed by atoms with Crippen LogP contribution in [0.4, 0.5) is 4.39 Å². The zero-order chi connectivity index (χ0) is 14.7. The topological polar surface area (TPSA) is 67.8 Å². The fraction of sp³-hybridized carbons (Fsp3) is 0. The molecule has 0 aliphatic heterocycles. The summed E-state index contributed by atoms with van der Waals surface area (Å²) in [6, 6.07) is 9.44. The summed E-state index contributed by atoms with van der Waals surface area (Å²) in [5.41, 5.74) is 5.66. The van der Waals surface area contributed by atoms with E-state index in [1.54, 1.807) is 24.3 Å². The second-order valence-electron chi connectivity index (χ2n) is 3.78. The number of rotatable bonds is 3. The third-order valence-electron chi connectivity index (χ3n) is 2.45. The molecule has 0 aliphatic rings. The zero-order valence-electron chi connectivity index (χ0n) is 9.98. The van der Waals surface area contributed by atoms with Crippen LogP contribution in [0.5, 0.6) is 11.5 Å². The van der Waals surface area contributed by atoms with Crippen molar-refractivity contribution in [3.05, 3.63) is 57.3 Å². The van der Waals surface area contributed by atoms with Crippen molar-refractivity contribution in [3.8, 4) is 11.5 Å². The Morgan fingerprint density at radius 3 is 2.75 bits per heavy atom. The lowest BCUT2D eigenvalue weighted by atomic mass is 10.2. The monoisotopic (exact) mass is 358 g/mol. The van der Waals surface area contributed by atoms with Crippen molar-refractivity contribution in [2.45, 2.75) is 0 Å². The van der Waals surface area contributed by atoms with Gasteiger partial charge >= 0.3 is 0 Å². The number of nitrogens with two attached hydrogens (primary N) is 1. The summed E-state index contributed by atoms with van der Waals surface area (Å²) >= 11 is 8.87. The van der Waals surface area contributed by atoms with Crippen LogP contribution in [-0.2, 0) is 0 Å². The molecule has 2 aromatic carbocycles. The molecule has 0 amide bonds. The van der Waals surface area contributed by atoms with Gasteiger partial charge in [-0.05, 0) is 46.3 Å². The first-order valence-corrected chi connectivity index (χ1v) is 6.59. The number of ether oxygens (including phenoxy) is 1. The number of nitrogens with zero attached hydrogens (tertiary/aromatic N) is 1. The van der Waals surface area contributed by atoms with Crippen molar-refractivity contribution < 1.29 is 14.3 Å². The van der Waals surface area contributed by atoms with Gasteiger partial charge in [-0.25, -0.2) is 4.39 Å². The second-order valence-corrected chi connectivity index (χ2v) is 5.01. The molecule has 2 rings (SSSR count). The van der Waals surface area contributed by atoms with E-state index in [9.17, 15) is 4.39 Å². The summed E-state index contributed by atoms with van der Waals surface area (Å²) in [4.78, 5) is 0. The summed E-state index contributed by atoms with van der Waals surface area (Å²) in [5.74, 6) is -0.465. The normalized spacial score (nSPS) is 11.4. The van der Waals surface area contributed by atoms with Crippen molar-refractivity contribution in [1.82, 2.24) is 0 Å². The van der Waals surface area contributed by atoms with Gasteiger partial charge in [-0.15, -0.1) is 0 Å². The molecule has 0 aliphatic carbocycles. The molecule has 0 saturated heterocycles. The fourth-order valence-electron chi connectivity index (χ4n) is 1.52. The van der Waals surface area contributed by atoms with Crippen molar-refractivity contribution in [3.63, 3.8) is 0 Å². The molecule has 4 nitrogen and oxygen atoms in total. The van der Waals surface area contributed by atoms with Crippen LogP contribution in [0.3, 0.4) is 0 Å². The van der Waals surface area contributed by atoms with E-state index >= 15 is 0 Å². The summed E-state index contributed by atoms with van der Waals surface area (Å²) in [6.45, 7) is 0. The molecule has 0 bridgehead atoms. The number of halogens is 3. The predicted molar refractivity (Wildman–Crippen MR) is 78.1 cm³/mol. The van der Waals surface area contributed by atoms with E-state index in [0.717, 1.165) is 0 Å². The van der Waals surface area contributed by atoms with E-state index in [1.807, 2.05) is 0 Å².